The molecule has 0 aliphatic rings. The Balaban J connectivity index is 2.40. The van der Waals surface area contributed by atoms with Crippen molar-refractivity contribution in [1.29, 1.82) is 0 Å². The zero-order valence-electron chi connectivity index (χ0n) is 13.0. The van der Waals surface area contributed by atoms with Crippen LogP contribution in [0.4, 0.5) is 0 Å². The van der Waals surface area contributed by atoms with Gasteiger partial charge >= 0.3 is 0 Å². The summed E-state index contributed by atoms with van der Waals surface area (Å²) in [6.45, 7) is 6.58. The Hall–Kier alpha value is -1.51. The van der Waals surface area contributed by atoms with Crippen LogP contribution in [0.5, 0.6) is 0 Å². The Morgan fingerprint density at radius 3 is 2.40 bits per heavy atom. The van der Waals surface area contributed by atoms with Gasteiger partial charge in [-0.05, 0) is 25.5 Å². The van der Waals surface area contributed by atoms with Gasteiger partial charge in [-0.1, -0.05) is 45.1 Å². The Morgan fingerprint density at radius 1 is 1.05 bits per heavy atom. The van der Waals surface area contributed by atoms with Crippen LogP contribution in [0.1, 0.15) is 75.5 Å². The molecule has 0 atom stereocenters. The topological polar surface area (TPSA) is 42.3 Å². The van der Waals surface area contributed by atoms with Crippen LogP contribution in [0.2, 0.25) is 0 Å². The van der Waals surface area contributed by atoms with Gasteiger partial charge in [0.15, 0.2) is 5.78 Å². The minimum Gasteiger partial charge on any atom is -0.293 e. The van der Waals surface area contributed by atoms with Gasteiger partial charge in [0.05, 0.1) is 11.4 Å². The minimum atomic E-state index is -0.00410. The largest absolute Gasteiger partial charge is 0.293 e. The van der Waals surface area contributed by atoms with Gasteiger partial charge in [-0.25, -0.2) is 4.98 Å². The zero-order chi connectivity index (χ0) is 14.8. The van der Waals surface area contributed by atoms with Crippen LogP contribution in [0, 0.1) is 0 Å². The van der Waals surface area contributed by atoms with E-state index in [4.69, 9.17) is 0 Å². The molecule has 1 aromatic rings. The molecule has 0 aliphatic heterocycles. The van der Waals surface area contributed by atoms with E-state index in [1.807, 2.05) is 19.1 Å². The van der Waals surface area contributed by atoms with Gasteiger partial charge in [0, 0.05) is 13.5 Å². The van der Waals surface area contributed by atoms with Gasteiger partial charge in [-0.3, -0.25) is 9.79 Å². The molecule has 20 heavy (non-hydrogen) atoms. The number of aromatic nitrogens is 1. The highest BCUT2D eigenvalue weighted by molar-refractivity contribution is 5.99. The van der Waals surface area contributed by atoms with Crippen molar-refractivity contribution in [1.82, 2.24) is 4.98 Å². The second-order valence-electron chi connectivity index (χ2n) is 5.20. The smallest absolute Gasteiger partial charge is 0.178 e. The highest BCUT2D eigenvalue weighted by Crippen LogP contribution is 2.06. The van der Waals surface area contributed by atoms with E-state index in [1.54, 1.807) is 6.07 Å². The fourth-order valence-electron chi connectivity index (χ4n) is 2.05. The summed E-state index contributed by atoms with van der Waals surface area (Å²) in [6.07, 6.45) is 7.65. The molecule has 0 saturated heterocycles. The molecule has 0 aromatic carbocycles. The Kier molecular flexibility index (Phi) is 7.78. The predicted molar refractivity (Wildman–Crippen MR) is 84.7 cm³/mol. The van der Waals surface area contributed by atoms with E-state index < -0.39 is 0 Å². The number of nitrogens with zero attached hydrogens (tertiary/aromatic N) is 2. The number of carbonyl (C=O) groups is 1. The van der Waals surface area contributed by atoms with Gasteiger partial charge < -0.3 is 0 Å². The molecule has 0 fully saturated rings. The van der Waals surface area contributed by atoms with Crippen molar-refractivity contribution in [3.63, 3.8) is 0 Å². The summed E-state index contributed by atoms with van der Waals surface area (Å²) in [6, 6.07) is 5.52. The van der Waals surface area contributed by atoms with Crippen LogP contribution >= 0.6 is 0 Å². The molecule has 0 aliphatic carbocycles. The third kappa shape index (κ3) is 6.09. The molecule has 1 rings (SSSR count). The maximum absolute atomic E-state index is 11.3. The second-order valence-corrected chi connectivity index (χ2v) is 5.20. The minimum absolute atomic E-state index is 0.00410. The van der Waals surface area contributed by atoms with Gasteiger partial charge in [-0.2, -0.15) is 0 Å². The molecule has 1 aromatic heterocycles. The molecule has 0 unspecified atom stereocenters. The maximum Gasteiger partial charge on any atom is 0.178 e. The SMILES string of the molecule is CCCCCCCC/N=C(\C)c1cccc(C(C)=O)n1. The van der Waals surface area contributed by atoms with Crippen molar-refractivity contribution < 1.29 is 4.79 Å². The quantitative estimate of drug-likeness (QED) is 0.379. The summed E-state index contributed by atoms with van der Waals surface area (Å²) in [4.78, 5) is 20.2. The normalized spacial score (nSPS) is 11.7. The number of Topliss-reactive ketones (excluding diaryl/α,β-unsaturated/α-hetero) is 1. The monoisotopic (exact) mass is 274 g/mol. The van der Waals surface area contributed by atoms with E-state index in [9.17, 15) is 4.79 Å². The zero-order valence-corrected chi connectivity index (χ0v) is 13.0. The number of hydrogen-bond acceptors (Lipinski definition) is 3. The Labute approximate surface area is 122 Å². The summed E-state index contributed by atoms with van der Waals surface area (Å²) in [5.41, 5.74) is 2.24. The van der Waals surface area contributed by atoms with Crippen LogP contribution in [0.15, 0.2) is 23.2 Å². The first kappa shape index (κ1) is 16.5. The van der Waals surface area contributed by atoms with E-state index in [-0.39, 0.29) is 5.78 Å². The van der Waals surface area contributed by atoms with Crippen molar-refractivity contribution in [3.8, 4) is 0 Å². The Bertz CT molecular complexity index is 452. The van der Waals surface area contributed by atoms with Gasteiger partial charge in [0.1, 0.15) is 5.69 Å². The number of carbonyl (C=O) groups excluding carboxylic acids is 1. The molecule has 3 nitrogen and oxygen atoms in total. The number of hydrogen-bond donors (Lipinski definition) is 0. The number of rotatable bonds is 9. The lowest BCUT2D eigenvalue weighted by atomic mass is 10.1. The van der Waals surface area contributed by atoms with Crippen molar-refractivity contribution in [3.05, 3.63) is 29.6 Å². The lowest BCUT2D eigenvalue weighted by Gasteiger charge is -2.03. The first-order valence-electron chi connectivity index (χ1n) is 7.64. The lowest BCUT2D eigenvalue weighted by Crippen LogP contribution is -2.05. The molecule has 3 heteroatoms. The molecule has 0 radical (unpaired) electrons. The molecule has 0 N–H and O–H groups in total. The van der Waals surface area contributed by atoms with Crippen LogP contribution in [0.25, 0.3) is 0 Å². The van der Waals surface area contributed by atoms with Crippen molar-refractivity contribution in [2.75, 3.05) is 6.54 Å². The third-order valence-corrected chi connectivity index (χ3v) is 3.34. The van der Waals surface area contributed by atoms with Gasteiger partial charge in [-0.15, -0.1) is 0 Å². The maximum atomic E-state index is 11.3. The molecule has 0 amide bonds. The number of ketones is 1. The van der Waals surface area contributed by atoms with Crippen molar-refractivity contribution in [2.24, 2.45) is 4.99 Å². The summed E-state index contributed by atoms with van der Waals surface area (Å²) in [5.74, 6) is -0.00410. The summed E-state index contributed by atoms with van der Waals surface area (Å²) >= 11 is 0. The standard InChI is InChI=1S/C17H26N2O/c1-4-5-6-7-8-9-13-18-14(2)16-11-10-12-17(19-16)15(3)20/h10-12H,4-9,13H2,1-3H3/b18-14+. The molecular formula is C17H26N2O. The van der Waals surface area contributed by atoms with Crippen molar-refractivity contribution in [2.45, 2.75) is 59.3 Å². The first-order chi connectivity index (χ1) is 9.65. The van der Waals surface area contributed by atoms with Gasteiger partial charge in [0.2, 0.25) is 0 Å². The molecule has 1 heterocycles. The van der Waals surface area contributed by atoms with E-state index in [0.29, 0.717) is 5.69 Å². The molecular weight excluding hydrogens is 248 g/mol. The van der Waals surface area contributed by atoms with Crippen LogP contribution in [0.3, 0.4) is 0 Å². The van der Waals surface area contributed by atoms with E-state index >= 15 is 0 Å². The van der Waals surface area contributed by atoms with Crippen LogP contribution in [-0.2, 0) is 0 Å². The average molecular weight is 274 g/mol. The van der Waals surface area contributed by atoms with E-state index in [0.717, 1.165) is 24.4 Å². The number of unbranched alkanes of at least 4 members (excludes halogenated alkanes) is 5. The van der Waals surface area contributed by atoms with Crippen LogP contribution < -0.4 is 0 Å². The molecule has 0 saturated carbocycles. The fourth-order valence-corrected chi connectivity index (χ4v) is 2.05. The van der Waals surface area contributed by atoms with Crippen LogP contribution in [-0.4, -0.2) is 23.0 Å². The van der Waals surface area contributed by atoms with Gasteiger partial charge in [0.25, 0.3) is 0 Å². The number of pyridine rings is 1. The molecule has 0 spiro atoms. The van der Waals surface area contributed by atoms with E-state index in [2.05, 4.69) is 16.9 Å². The van der Waals surface area contributed by atoms with E-state index in [1.165, 1.54) is 39.0 Å². The second kappa shape index (κ2) is 9.40. The Morgan fingerprint density at radius 2 is 1.70 bits per heavy atom. The molecule has 110 valence electrons. The first-order valence-corrected chi connectivity index (χ1v) is 7.64. The third-order valence-electron chi connectivity index (χ3n) is 3.34. The summed E-state index contributed by atoms with van der Waals surface area (Å²) in [7, 11) is 0. The highest BCUT2D eigenvalue weighted by atomic mass is 16.1. The highest BCUT2D eigenvalue weighted by Gasteiger charge is 2.04. The summed E-state index contributed by atoms with van der Waals surface area (Å²) in [5, 5.41) is 0. The van der Waals surface area contributed by atoms with Crippen molar-refractivity contribution >= 4 is 11.5 Å². The lowest BCUT2D eigenvalue weighted by molar-refractivity contribution is 0.101. The summed E-state index contributed by atoms with van der Waals surface area (Å²) < 4.78 is 0. The molecule has 0 bridgehead atoms. The predicted octanol–water partition coefficient (Wildman–Crippen LogP) is 4.45. The number of aliphatic imine (C=N–C) groups is 1. The fraction of sp³-hybridized carbons (Fsp3) is 0.588. The average Bonchev–Trinajstić information content (AvgIpc) is 2.46.